The topological polar surface area (TPSA) is 62.1 Å². The zero-order valence-corrected chi connectivity index (χ0v) is 16.9. The fourth-order valence-electron chi connectivity index (χ4n) is 4.28. The number of piperidine rings is 1. The number of carbonyl (C=O) groups excluding carboxylic acids is 1. The summed E-state index contributed by atoms with van der Waals surface area (Å²) < 4.78 is 13.3. The van der Waals surface area contributed by atoms with Gasteiger partial charge in [-0.1, -0.05) is 47.6 Å². The van der Waals surface area contributed by atoms with Crippen molar-refractivity contribution in [2.45, 2.75) is 44.3 Å². The van der Waals surface area contributed by atoms with Crippen molar-refractivity contribution in [2.75, 3.05) is 13.1 Å². The van der Waals surface area contributed by atoms with E-state index < -0.39 is 12.2 Å². The minimum atomic E-state index is -0.598. The third kappa shape index (κ3) is 5.05. The fraction of sp³-hybridized carbons (Fsp3) is 0.417. The normalized spacial score (nSPS) is 20.5. The summed E-state index contributed by atoms with van der Waals surface area (Å²) in [6, 6.07) is 16.4. The highest BCUT2D eigenvalue weighted by molar-refractivity contribution is 5.94. The summed E-state index contributed by atoms with van der Waals surface area (Å²) in [5, 5.41) is 14.6. The number of hydrogen-bond donors (Lipinski definition) is 1. The van der Waals surface area contributed by atoms with Crippen LogP contribution in [0.15, 0.2) is 59.8 Å². The van der Waals surface area contributed by atoms with Crippen molar-refractivity contribution in [1.29, 1.82) is 0 Å². The second-order valence-electron chi connectivity index (χ2n) is 8.18. The van der Waals surface area contributed by atoms with Gasteiger partial charge >= 0.3 is 0 Å². The first kappa shape index (κ1) is 20.5. The largest absolute Gasteiger partial charge is 0.392 e. The van der Waals surface area contributed by atoms with E-state index >= 15 is 0 Å². The predicted octanol–water partition coefficient (Wildman–Crippen LogP) is 3.36. The van der Waals surface area contributed by atoms with Crippen LogP contribution in [0.2, 0.25) is 0 Å². The van der Waals surface area contributed by atoms with Crippen molar-refractivity contribution in [3.8, 4) is 0 Å². The number of benzene rings is 2. The average molecular weight is 410 g/mol. The summed E-state index contributed by atoms with van der Waals surface area (Å²) >= 11 is 0. The summed E-state index contributed by atoms with van der Waals surface area (Å²) in [4.78, 5) is 20.0. The van der Waals surface area contributed by atoms with E-state index in [1.165, 1.54) is 12.1 Å². The smallest absolute Gasteiger partial charge is 0.266 e. The van der Waals surface area contributed by atoms with Gasteiger partial charge in [0, 0.05) is 25.9 Å². The van der Waals surface area contributed by atoms with Crippen LogP contribution in [0.4, 0.5) is 4.39 Å². The number of likely N-dealkylation sites (tertiary alicyclic amines) is 1. The molecule has 0 saturated carbocycles. The lowest BCUT2D eigenvalue weighted by atomic mass is 9.87. The molecule has 2 heterocycles. The Hall–Kier alpha value is -2.73. The van der Waals surface area contributed by atoms with Gasteiger partial charge in [-0.3, -0.25) is 4.79 Å². The maximum absolute atomic E-state index is 13.3. The van der Waals surface area contributed by atoms with E-state index in [1.807, 2.05) is 41.3 Å². The van der Waals surface area contributed by atoms with Crippen LogP contribution in [-0.4, -0.2) is 46.9 Å². The number of oxime groups is 1. The van der Waals surface area contributed by atoms with Gasteiger partial charge in [-0.25, -0.2) is 4.39 Å². The molecule has 1 saturated heterocycles. The molecule has 1 fully saturated rings. The lowest BCUT2D eigenvalue weighted by molar-refractivity contribution is -0.144. The molecule has 2 aliphatic rings. The zero-order valence-electron chi connectivity index (χ0n) is 16.9. The minimum absolute atomic E-state index is 0.0519. The molecule has 5 nitrogen and oxygen atoms in total. The molecule has 0 aliphatic carbocycles. The molecule has 158 valence electrons. The van der Waals surface area contributed by atoms with E-state index in [2.05, 4.69) is 5.16 Å². The Morgan fingerprint density at radius 2 is 1.87 bits per heavy atom. The molecule has 2 atom stereocenters. The van der Waals surface area contributed by atoms with Gasteiger partial charge in [0.2, 0.25) is 6.10 Å². The Labute approximate surface area is 176 Å². The number of nitrogens with zero attached hydrogens (tertiary/aromatic N) is 2. The van der Waals surface area contributed by atoms with Crippen LogP contribution in [-0.2, 0) is 22.5 Å². The monoisotopic (exact) mass is 410 g/mol. The summed E-state index contributed by atoms with van der Waals surface area (Å²) in [5.74, 6) is -0.139. The summed E-state index contributed by atoms with van der Waals surface area (Å²) in [6.45, 7) is 1.24. The SMILES string of the molecule is O=C([C@@H]1CC(Cc2cccc(F)c2)=NO1)N1CCC([C@@H](O)Cc2ccccc2)CC1. The van der Waals surface area contributed by atoms with Gasteiger partial charge in [0.05, 0.1) is 11.8 Å². The third-order valence-electron chi connectivity index (χ3n) is 5.99. The van der Waals surface area contributed by atoms with E-state index in [9.17, 15) is 14.3 Å². The molecular weight excluding hydrogens is 383 g/mol. The molecule has 0 radical (unpaired) electrons. The van der Waals surface area contributed by atoms with E-state index in [4.69, 9.17) is 4.84 Å². The molecule has 0 aromatic heterocycles. The first-order chi connectivity index (χ1) is 14.6. The van der Waals surface area contributed by atoms with Crippen molar-refractivity contribution in [1.82, 2.24) is 4.90 Å². The van der Waals surface area contributed by atoms with Gasteiger partial charge in [-0.2, -0.15) is 0 Å². The number of aliphatic hydroxyl groups is 1. The standard InChI is InChI=1S/C24H27FN2O3/c25-20-8-4-7-18(13-20)14-21-16-23(30-26-21)24(29)27-11-9-19(10-12-27)22(28)15-17-5-2-1-3-6-17/h1-8,13,19,22-23,28H,9-12,14-16H2/t22-,23-/m0/s1. The Morgan fingerprint density at radius 1 is 1.13 bits per heavy atom. The van der Waals surface area contributed by atoms with Gasteiger partial charge in [-0.05, 0) is 48.4 Å². The highest BCUT2D eigenvalue weighted by Gasteiger charge is 2.35. The van der Waals surface area contributed by atoms with E-state index in [-0.39, 0.29) is 17.6 Å². The first-order valence-corrected chi connectivity index (χ1v) is 10.6. The van der Waals surface area contributed by atoms with Crippen molar-refractivity contribution >= 4 is 11.6 Å². The first-order valence-electron chi connectivity index (χ1n) is 10.6. The van der Waals surface area contributed by atoms with Crippen molar-refractivity contribution in [3.63, 3.8) is 0 Å². The van der Waals surface area contributed by atoms with Gasteiger partial charge in [0.1, 0.15) is 5.82 Å². The average Bonchev–Trinajstić information content (AvgIpc) is 3.22. The lowest BCUT2D eigenvalue weighted by Gasteiger charge is -2.35. The number of carbonyl (C=O) groups is 1. The maximum atomic E-state index is 13.3. The molecule has 1 N–H and O–H groups in total. The molecule has 1 amide bonds. The highest BCUT2D eigenvalue weighted by Crippen LogP contribution is 2.25. The van der Waals surface area contributed by atoms with Crippen LogP contribution >= 0.6 is 0 Å². The Kier molecular flexibility index (Phi) is 6.43. The predicted molar refractivity (Wildman–Crippen MR) is 112 cm³/mol. The number of aliphatic hydroxyl groups excluding tert-OH is 1. The Balaban J connectivity index is 1.24. The fourth-order valence-corrected chi connectivity index (χ4v) is 4.28. The van der Waals surface area contributed by atoms with E-state index in [0.717, 1.165) is 29.7 Å². The van der Waals surface area contributed by atoms with Crippen LogP contribution < -0.4 is 0 Å². The van der Waals surface area contributed by atoms with Crippen molar-refractivity contribution < 1.29 is 19.1 Å². The van der Waals surface area contributed by atoms with Crippen LogP contribution in [0, 0.1) is 11.7 Å². The molecule has 4 rings (SSSR count). The lowest BCUT2D eigenvalue weighted by Crippen LogP contribution is -2.45. The maximum Gasteiger partial charge on any atom is 0.266 e. The van der Waals surface area contributed by atoms with Gasteiger partial charge in [-0.15, -0.1) is 0 Å². The van der Waals surface area contributed by atoms with Crippen LogP contribution in [0.3, 0.4) is 0 Å². The summed E-state index contributed by atoms with van der Waals surface area (Å²) in [7, 11) is 0. The van der Waals surface area contributed by atoms with Crippen LogP contribution in [0.25, 0.3) is 0 Å². The molecular formula is C24H27FN2O3. The van der Waals surface area contributed by atoms with E-state index in [1.54, 1.807) is 6.07 Å². The zero-order chi connectivity index (χ0) is 20.9. The summed E-state index contributed by atoms with van der Waals surface area (Å²) in [5.41, 5.74) is 2.71. The summed E-state index contributed by atoms with van der Waals surface area (Å²) in [6.07, 6.45) is 2.13. The minimum Gasteiger partial charge on any atom is -0.392 e. The second kappa shape index (κ2) is 9.39. The highest BCUT2D eigenvalue weighted by atomic mass is 19.1. The van der Waals surface area contributed by atoms with Crippen molar-refractivity contribution in [3.05, 3.63) is 71.5 Å². The van der Waals surface area contributed by atoms with Gasteiger partial charge in [0.15, 0.2) is 0 Å². The van der Waals surface area contributed by atoms with Crippen LogP contribution in [0.5, 0.6) is 0 Å². The van der Waals surface area contributed by atoms with Gasteiger partial charge < -0.3 is 14.8 Å². The number of halogens is 1. The van der Waals surface area contributed by atoms with E-state index in [0.29, 0.717) is 32.4 Å². The van der Waals surface area contributed by atoms with Crippen molar-refractivity contribution in [2.24, 2.45) is 11.1 Å². The molecule has 0 unspecified atom stereocenters. The molecule has 0 spiro atoms. The number of amides is 1. The number of hydrogen-bond acceptors (Lipinski definition) is 4. The molecule has 0 bridgehead atoms. The Morgan fingerprint density at radius 3 is 2.60 bits per heavy atom. The third-order valence-corrected chi connectivity index (χ3v) is 5.99. The quantitative estimate of drug-likeness (QED) is 0.794. The molecule has 2 aromatic carbocycles. The second-order valence-corrected chi connectivity index (χ2v) is 8.18. The van der Waals surface area contributed by atoms with Crippen LogP contribution in [0.1, 0.15) is 30.4 Å². The number of rotatable bonds is 6. The molecule has 2 aromatic rings. The molecule has 30 heavy (non-hydrogen) atoms. The Bertz CT molecular complexity index is 894. The molecule has 6 heteroatoms. The van der Waals surface area contributed by atoms with Gasteiger partial charge in [0.25, 0.3) is 5.91 Å². The molecule has 2 aliphatic heterocycles.